The molecule has 0 spiro atoms. The van der Waals surface area contributed by atoms with Gasteiger partial charge in [0.1, 0.15) is 0 Å². The summed E-state index contributed by atoms with van der Waals surface area (Å²) in [5.41, 5.74) is 0.820. The second kappa shape index (κ2) is 7.22. The van der Waals surface area contributed by atoms with E-state index in [4.69, 9.17) is 16.1 Å². The fourth-order valence-electron chi connectivity index (χ4n) is 2.01. The fraction of sp³-hybridized carbons (Fsp3) is 0.400. The lowest BCUT2D eigenvalue weighted by atomic mass is 10.0. The summed E-state index contributed by atoms with van der Waals surface area (Å²) in [5, 5.41) is 7.37. The van der Waals surface area contributed by atoms with E-state index in [0.717, 1.165) is 18.4 Å². The number of nitrogens with zero attached hydrogens (tertiary/aromatic N) is 2. The molecule has 2 aromatic rings. The monoisotopic (exact) mass is 307 g/mol. The van der Waals surface area contributed by atoms with E-state index in [2.05, 4.69) is 15.5 Å². The predicted molar refractivity (Wildman–Crippen MR) is 80.7 cm³/mol. The highest BCUT2D eigenvalue weighted by atomic mass is 35.5. The summed E-state index contributed by atoms with van der Waals surface area (Å²) in [6, 6.07) is 7.17. The zero-order chi connectivity index (χ0) is 15.2. The predicted octanol–water partition coefficient (Wildman–Crippen LogP) is 3.44. The van der Waals surface area contributed by atoms with Crippen LogP contribution in [0.3, 0.4) is 0 Å². The number of nitrogens with one attached hydrogen (secondary N) is 1. The van der Waals surface area contributed by atoms with Gasteiger partial charge in [-0.25, -0.2) is 0 Å². The van der Waals surface area contributed by atoms with Crippen LogP contribution in [-0.2, 0) is 11.3 Å². The van der Waals surface area contributed by atoms with E-state index < -0.39 is 0 Å². The Kier molecular flexibility index (Phi) is 5.33. The molecule has 6 heteroatoms. The van der Waals surface area contributed by atoms with Crippen molar-refractivity contribution in [3.05, 3.63) is 35.2 Å². The number of carbonyl (C=O) groups excluding carboxylic acids is 1. The van der Waals surface area contributed by atoms with Crippen molar-refractivity contribution in [2.75, 3.05) is 0 Å². The van der Waals surface area contributed by atoms with Gasteiger partial charge in [-0.15, -0.1) is 0 Å². The molecule has 0 aliphatic heterocycles. The molecule has 0 bridgehead atoms. The average molecular weight is 308 g/mol. The van der Waals surface area contributed by atoms with Gasteiger partial charge in [0.25, 0.3) is 0 Å². The largest absolute Gasteiger partial charge is 0.347 e. The van der Waals surface area contributed by atoms with Crippen LogP contribution in [0.25, 0.3) is 11.4 Å². The number of amides is 1. The second-order valence-corrected chi connectivity index (χ2v) is 5.19. The minimum atomic E-state index is 0.0197. The summed E-state index contributed by atoms with van der Waals surface area (Å²) >= 11 is 5.83. The molecule has 2 rings (SSSR count). The molecule has 21 heavy (non-hydrogen) atoms. The molecule has 0 unspecified atom stereocenters. The van der Waals surface area contributed by atoms with E-state index in [1.807, 2.05) is 26.0 Å². The molecule has 0 radical (unpaired) electrons. The Balaban J connectivity index is 1.97. The molecule has 0 fully saturated rings. The molecule has 1 aromatic carbocycles. The van der Waals surface area contributed by atoms with Crippen LogP contribution >= 0.6 is 11.6 Å². The maximum atomic E-state index is 11.9. The third-order valence-electron chi connectivity index (χ3n) is 3.34. The van der Waals surface area contributed by atoms with Crippen LogP contribution in [0.15, 0.2) is 28.8 Å². The van der Waals surface area contributed by atoms with Crippen LogP contribution < -0.4 is 5.32 Å². The van der Waals surface area contributed by atoms with Crippen molar-refractivity contribution in [2.24, 2.45) is 5.92 Å². The molecule has 1 amide bonds. The lowest BCUT2D eigenvalue weighted by Crippen LogP contribution is -2.29. The molecule has 112 valence electrons. The first kappa shape index (κ1) is 15.5. The Morgan fingerprint density at radius 2 is 1.95 bits per heavy atom. The van der Waals surface area contributed by atoms with Crippen molar-refractivity contribution >= 4 is 17.5 Å². The quantitative estimate of drug-likeness (QED) is 0.887. The summed E-state index contributed by atoms with van der Waals surface area (Å²) in [5.74, 6) is 0.924. The van der Waals surface area contributed by atoms with Crippen LogP contribution in [0.5, 0.6) is 0 Å². The Hall–Kier alpha value is -1.88. The Bertz CT molecular complexity index is 591. The highest BCUT2D eigenvalue weighted by Gasteiger charge is 2.15. The van der Waals surface area contributed by atoms with Gasteiger partial charge in [-0.2, -0.15) is 4.98 Å². The van der Waals surface area contributed by atoms with E-state index in [1.165, 1.54) is 0 Å². The van der Waals surface area contributed by atoms with Crippen LogP contribution in [0.2, 0.25) is 5.02 Å². The number of hydrogen-bond donors (Lipinski definition) is 1. The first-order valence-corrected chi connectivity index (χ1v) is 7.38. The van der Waals surface area contributed by atoms with E-state index in [9.17, 15) is 4.79 Å². The van der Waals surface area contributed by atoms with Crippen molar-refractivity contribution in [2.45, 2.75) is 33.2 Å². The Morgan fingerprint density at radius 1 is 1.29 bits per heavy atom. The number of aromatic nitrogens is 2. The van der Waals surface area contributed by atoms with Gasteiger partial charge in [0, 0.05) is 16.5 Å². The van der Waals surface area contributed by atoms with Gasteiger partial charge < -0.3 is 9.84 Å². The zero-order valence-corrected chi connectivity index (χ0v) is 12.9. The van der Waals surface area contributed by atoms with Gasteiger partial charge in [-0.05, 0) is 37.1 Å². The SMILES string of the molecule is CCC(CC)C(=O)NCc1nc(-c2ccc(Cl)cc2)no1. The maximum Gasteiger partial charge on any atom is 0.246 e. The molecular formula is C15H18ClN3O2. The smallest absolute Gasteiger partial charge is 0.246 e. The van der Waals surface area contributed by atoms with Gasteiger partial charge in [-0.3, -0.25) is 4.79 Å². The fourth-order valence-corrected chi connectivity index (χ4v) is 2.14. The molecule has 1 aromatic heterocycles. The summed E-state index contributed by atoms with van der Waals surface area (Å²) in [6.45, 7) is 4.24. The molecule has 5 nitrogen and oxygen atoms in total. The molecule has 0 saturated carbocycles. The molecule has 0 saturated heterocycles. The van der Waals surface area contributed by atoms with Crippen molar-refractivity contribution in [1.29, 1.82) is 0 Å². The normalized spacial score (nSPS) is 10.9. The Labute approximate surface area is 128 Å². The third-order valence-corrected chi connectivity index (χ3v) is 3.59. The minimum Gasteiger partial charge on any atom is -0.347 e. The standard InChI is InChI=1S/C15H18ClN3O2/c1-3-10(4-2)15(20)17-9-13-18-14(19-21-13)11-5-7-12(16)8-6-11/h5-8,10H,3-4,9H2,1-2H3,(H,17,20). The van der Waals surface area contributed by atoms with Gasteiger partial charge in [0.2, 0.25) is 17.6 Å². The molecule has 1 N–H and O–H groups in total. The van der Waals surface area contributed by atoms with Gasteiger partial charge >= 0.3 is 0 Å². The third kappa shape index (κ3) is 4.04. The number of hydrogen-bond acceptors (Lipinski definition) is 4. The van der Waals surface area contributed by atoms with Crippen molar-refractivity contribution in [1.82, 2.24) is 15.5 Å². The average Bonchev–Trinajstić information content (AvgIpc) is 2.96. The van der Waals surface area contributed by atoms with E-state index >= 15 is 0 Å². The second-order valence-electron chi connectivity index (χ2n) is 4.75. The lowest BCUT2D eigenvalue weighted by molar-refractivity contribution is -0.125. The van der Waals surface area contributed by atoms with E-state index in [-0.39, 0.29) is 18.4 Å². The zero-order valence-electron chi connectivity index (χ0n) is 12.1. The molecule has 0 aliphatic carbocycles. The highest BCUT2D eigenvalue weighted by Crippen LogP contribution is 2.18. The summed E-state index contributed by atoms with van der Waals surface area (Å²) < 4.78 is 5.14. The molecule has 1 heterocycles. The van der Waals surface area contributed by atoms with Crippen molar-refractivity contribution in [3.63, 3.8) is 0 Å². The molecule has 0 aliphatic rings. The van der Waals surface area contributed by atoms with E-state index in [1.54, 1.807) is 12.1 Å². The minimum absolute atomic E-state index is 0.0197. The first-order valence-electron chi connectivity index (χ1n) is 7.00. The number of halogens is 1. The van der Waals surface area contributed by atoms with Crippen LogP contribution in [0, 0.1) is 5.92 Å². The molecular weight excluding hydrogens is 290 g/mol. The number of benzene rings is 1. The summed E-state index contributed by atoms with van der Waals surface area (Å²) in [7, 11) is 0. The van der Waals surface area contributed by atoms with Gasteiger partial charge in [-0.1, -0.05) is 30.6 Å². The van der Waals surface area contributed by atoms with Crippen LogP contribution in [0.1, 0.15) is 32.6 Å². The molecule has 0 atom stereocenters. The van der Waals surface area contributed by atoms with E-state index in [0.29, 0.717) is 16.7 Å². The van der Waals surface area contributed by atoms with Gasteiger partial charge in [0.15, 0.2) is 0 Å². The number of rotatable bonds is 6. The van der Waals surface area contributed by atoms with Crippen molar-refractivity contribution in [3.8, 4) is 11.4 Å². The topological polar surface area (TPSA) is 68.0 Å². The Morgan fingerprint density at radius 3 is 2.57 bits per heavy atom. The first-order chi connectivity index (χ1) is 10.1. The number of carbonyl (C=O) groups is 1. The summed E-state index contributed by atoms with van der Waals surface area (Å²) in [4.78, 5) is 16.1. The summed E-state index contributed by atoms with van der Waals surface area (Å²) in [6.07, 6.45) is 1.64. The lowest BCUT2D eigenvalue weighted by Gasteiger charge is -2.10. The van der Waals surface area contributed by atoms with Gasteiger partial charge in [0.05, 0.1) is 6.54 Å². The highest BCUT2D eigenvalue weighted by molar-refractivity contribution is 6.30. The van der Waals surface area contributed by atoms with Crippen LogP contribution in [-0.4, -0.2) is 16.0 Å². The van der Waals surface area contributed by atoms with Crippen molar-refractivity contribution < 1.29 is 9.32 Å². The maximum absolute atomic E-state index is 11.9. The van der Waals surface area contributed by atoms with Crippen LogP contribution in [0.4, 0.5) is 0 Å².